The van der Waals surface area contributed by atoms with Gasteiger partial charge in [0.1, 0.15) is 11.0 Å². The van der Waals surface area contributed by atoms with E-state index < -0.39 is 10.0 Å². The summed E-state index contributed by atoms with van der Waals surface area (Å²) >= 11 is 0. The number of nitrogens with zero attached hydrogens (tertiary/aromatic N) is 2. The Hall–Kier alpha value is -2.23. The molecule has 1 heterocycles. The summed E-state index contributed by atoms with van der Waals surface area (Å²) < 4.78 is 26.8. The number of aryl methyl sites for hydroxylation is 1. The number of nitriles is 1. The molecule has 20 heavy (non-hydrogen) atoms. The van der Waals surface area contributed by atoms with Crippen LogP contribution in [-0.4, -0.2) is 13.4 Å². The van der Waals surface area contributed by atoms with Gasteiger partial charge in [-0.1, -0.05) is 29.8 Å². The molecule has 0 spiro atoms. The van der Waals surface area contributed by atoms with Crippen LogP contribution in [0.2, 0.25) is 0 Å². The van der Waals surface area contributed by atoms with Crippen molar-refractivity contribution in [2.45, 2.75) is 18.4 Å². The van der Waals surface area contributed by atoms with Crippen molar-refractivity contribution < 1.29 is 8.42 Å². The predicted molar refractivity (Wildman–Crippen MR) is 74.2 cm³/mol. The average molecular weight is 287 g/mol. The van der Waals surface area contributed by atoms with Crippen LogP contribution in [0.25, 0.3) is 0 Å². The van der Waals surface area contributed by atoms with Crippen molar-refractivity contribution in [1.82, 2.24) is 9.71 Å². The molecule has 0 aliphatic heterocycles. The Bertz CT molecular complexity index is 747. The van der Waals surface area contributed by atoms with Gasteiger partial charge in [0.15, 0.2) is 5.69 Å². The zero-order valence-corrected chi connectivity index (χ0v) is 11.7. The highest BCUT2D eigenvalue weighted by molar-refractivity contribution is 7.89. The minimum atomic E-state index is -3.75. The van der Waals surface area contributed by atoms with Gasteiger partial charge in [-0.3, -0.25) is 0 Å². The first-order chi connectivity index (χ1) is 9.53. The fourth-order valence-corrected chi connectivity index (χ4v) is 2.78. The van der Waals surface area contributed by atoms with Crippen LogP contribution in [0, 0.1) is 18.3 Å². The highest BCUT2D eigenvalue weighted by atomic mass is 32.2. The lowest BCUT2D eigenvalue weighted by Crippen LogP contribution is -2.24. The van der Waals surface area contributed by atoms with Gasteiger partial charge in [-0.25, -0.2) is 18.1 Å². The van der Waals surface area contributed by atoms with Crippen LogP contribution >= 0.6 is 0 Å². The fraction of sp³-hybridized carbons (Fsp3) is 0.143. The van der Waals surface area contributed by atoms with Crippen LogP contribution in [0.1, 0.15) is 16.8 Å². The van der Waals surface area contributed by atoms with Gasteiger partial charge < -0.3 is 0 Å². The molecule has 0 radical (unpaired) electrons. The van der Waals surface area contributed by atoms with Crippen LogP contribution in [0.15, 0.2) is 47.5 Å². The van der Waals surface area contributed by atoms with Crippen molar-refractivity contribution in [2.75, 3.05) is 0 Å². The molecule has 0 saturated heterocycles. The van der Waals surface area contributed by atoms with Crippen LogP contribution < -0.4 is 4.72 Å². The Morgan fingerprint density at radius 2 is 1.95 bits per heavy atom. The van der Waals surface area contributed by atoms with Gasteiger partial charge in [-0.2, -0.15) is 5.26 Å². The fourth-order valence-electron chi connectivity index (χ4n) is 1.65. The van der Waals surface area contributed by atoms with Gasteiger partial charge in [0.05, 0.1) is 0 Å². The number of aromatic nitrogens is 1. The smallest absolute Gasteiger partial charge is 0.243 e. The van der Waals surface area contributed by atoms with Gasteiger partial charge in [-0.05, 0) is 24.6 Å². The molecule has 1 N–H and O–H groups in total. The maximum Gasteiger partial charge on any atom is 0.243 e. The summed E-state index contributed by atoms with van der Waals surface area (Å²) in [5.74, 6) is 0. The summed E-state index contributed by atoms with van der Waals surface area (Å²) in [5, 5.41) is 8.89. The van der Waals surface area contributed by atoms with Crippen LogP contribution in [-0.2, 0) is 16.6 Å². The summed E-state index contributed by atoms with van der Waals surface area (Å²) in [7, 11) is -3.75. The predicted octanol–water partition coefficient (Wildman–Crippen LogP) is 1.74. The Kier molecular flexibility index (Phi) is 4.13. The third-order valence-electron chi connectivity index (χ3n) is 2.75. The van der Waals surface area contributed by atoms with E-state index in [9.17, 15) is 8.42 Å². The van der Waals surface area contributed by atoms with E-state index in [1.807, 2.05) is 31.2 Å². The molecule has 0 atom stereocenters. The first kappa shape index (κ1) is 14.2. The minimum Gasteiger partial charge on any atom is -0.244 e. The van der Waals surface area contributed by atoms with E-state index in [-0.39, 0.29) is 17.1 Å². The summed E-state index contributed by atoms with van der Waals surface area (Å²) in [5.41, 5.74) is 1.85. The van der Waals surface area contributed by atoms with E-state index in [1.165, 1.54) is 18.3 Å². The second kappa shape index (κ2) is 5.82. The lowest BCUT2D eigenvalue weighted by molar-refractivity contribution is 0.580. The molecule has 0 aliphatic rings. The number of sulfonamides is 1. The number of hydrogen-bond donors (Lipinski definition) is 1. The molecular formula is C14H13N3O2S. The molecular weight excluding hydrogens is 274 g/mol. The van der Waals surface area contributed by atoms with Crippen molar-refractivity contribution in [2.24, 2.45) is 0 Å². The van der Waals surface area contributed by atoms with Gasteiger partial charge in [-0.15, -0.1) is 0 Å². The van der Waals surface area contributed by atoms with E-state index >= 15 is 0 Å². The number of hydrogen-bond acceptors (Lipinski definition) is 4. The number of rotatable bonds is 4. The summed E-state index contributed by atoms with van der Waals surface area (Å²) in [6.45, 7) is 2.13. The van der Waals surface area contributed by atoms with E-state index in [0.29, 0.717) is 0 Å². The number of nitrogens with one attached hydrogen (secondary N) is 1. The molecule has 0 aliphatic carbocycles. The Balaban J connectivity index is 2.20. The Morgan fingerprint density at radius 3 is 2.60 bits per heavy atom. The second-order valence-electron chi connectivity index (χ2n) is 4.27. The van der Waals surface area contributed by atoms with Crippen molar-refractivity contribution in [3.63, 3.8) is 0 Å². The number of pyridine rings is 1. The van der Waals surface area contributed by atoms with Crippen molar-refractivity contribution in [3.05, 3.63) is 59.4 Å². The molecule has 0 unspecified atom stereocenters. The van der Waals surface area contributed by atoms with Crippen LogP contribution in [0.4, 0.5) is 0 Å². The summed E-state index contributed by atoms with van der Waals surface area (Å²) in [4.78, 5) is 3.65. The maximum atomic E-state index is 12.1. The molecule has 0 amide bonds. The molecule has 1 aromatic heterocycles. The normalized spacial score (nSPS) is 11.0. The molecule has 1 aromatic carbocycles. The highest BCUT2D eigenvalue weighted by Crippen LogP contribution is 2.12. The SMILES string of the molecule is Cc1ccc(CNS(=O)(=O)c2cccnc2C#N)cc1. The zero-order valence-electron chi connectivity index (χ0n) is 10.9. The number of benzene rings is 1. The second-order valence-corrected chi connectivity index (χ2v) is 6.01. The lowest BCUT2D eigenvalue weighted by atomic mass is 10.2. The standard InChI is InChI=1S/C14H13N3O2S/c1-11-4-6-12(7-5-11)10-17-20(18,19)14-3-2-8-16-13(14)9-15/h2-8,17H,10H2,1H3. The van der Waals surface area contributed by atoms with E-state index in [4.69, 9.17) is 5.26 Å². The maximum absolute atomic E-state index is 12.1. The quantitative estimate of drug-likeness (QED) is 0.928. The highest BCUT2D eigenvalue weighted by Gasteiger charge is 2.18. The van der Waals surface area contributed by atoms with Gasteiger partial charge >= 0.3 is 0 Å². The first-order valence-corrected chi connectivity index (χ1v) is 7.41. The largest absolute Gasteiger partial charge is 0.244 e. The topological polar surface area (TPSA) is 82.8 Å². The van der Waals surface area contributed by atoms with Crippen molar-refractivity contribution in [3.8, 4) is 6.07 Å². The monoisotopic (exact) mass is 287 g/mol. The van der Waals surface area contributed by atoms with Gasteiger partial charge in [0.25, 0.3) is 0 Å². The third kappa shape index (κ3) is 3.20. The van der Waals surface area contributed by atoms with E-state index in [0.717, 1.165) is 11.1 Å². The Morgan fingerprint density at radius 1 is 1.25 bits per heavy atom. The van der Waals surface area contributed by atoms with Crippen LogP contribution in [0.3, 0.4) is 0 Å². The van der Waals surface area contributed by atoms with Crippen molar-refractivity contribution >= 4 is 10.0 Å². The molecule has 0 saturated carbocycles. The molecule has 102 valence electrons. The Labute approximate surface area is 118 Å². The van der Waals surface area contributed by atoms with Gasteiger partial charge in [0, 0.05) is 12.7 Å². The van der Waals surface area contributed by atoms with Crippen LogP contribution in [0.5, 0.6) is 0 Å². The average Bonchev–Trinajstić information content (AvgIpc) is 2.46. The molecule has 2 aromatic rings. The third-order valence-corrected chi connectivity index (χ3v) is 4.19. The summed E-state index contributed by atoms with van der Waals surface area (Å²) in [6, 6.07) is 12.2. The molecule has 2 rings (SSSR count). The molecule has 5 nitrogen and oxygen atoms in total. The summed E-state index contributed by atoms with van der Waals surface area (Å²) in [6.07, 6.45) is 1.39. The first-order valence-electron chi connectivity index (χ1n) is 5.93. The minimum absolute atomic E-state index is 0.102. The molecule has 0 fully saturated rings. The molecule has 0 bridgehead atoms. The molecule has 6 heteroatoms. The lowest BCUT2D eigenvalue weighted by Gasteiger charge is -2.07. The van der Waals surface area contributed by atoms with Crippen molar-refractivity contribution in [1.29, 1.82) is 5.26 Å². The van der Waals surface area contributed by atoms with Gasteiger partial charge in [0.2, 0.25) is 10.0 Å². The zero-order chi connectivity index (χ0) is 14.6. The van der Waals surface area contributed by atoms with E-state index in [1.54, 1.807) is 6.07 Å². The van der Waals surface area contributed by atoms with E-state index in [2.05, 4.69) is 9.71 Å².